The van der Waals surface area contributed by atoms with Gasteiger partial charge >= 0.3 is 0 Å². The van der Waals surface area contributed by atoms with Crippen molar-refractivity contribution in [3.8, 4) is 6.07 Å². The summed E-state index contributed by atoms with van der Waals surface area (Å²) in [7, 11) is 1.69. The van der Waals surface area contributed by atoms with E-state index in [0.29, 0.717) is 49.5 Å². The maximum Gasteiger partial charge on any atom is 0.251 e. The van der Waals surface area contributed by atoms with Gasteiger partial charge in [0.1, 0.15) is 11.6 Å². The number of hydrogen-bond acceptors (Lipinski definition) is 5. The van der Waals surface area contributed by atoms with Crippen molar-refractivity contribution < 1.29 is 14.4 Å². The van der Waals surface area contributed by atoms with Crippen molar-refractivity contribution in [3.63, 3.8) is 0 Å². The minimum Gasteiger partial charge on any atom is -0.340 e. The zero-order valence-corrected chi connectivity index (χ0v) is 19.7. The first kappa shape index (κ1) is 24.7. The molecule has 178 valence electrons. The molecule has 1 aliphatic heterocycles. The molecule has 1 aliphatic carbocycles. The Morgan fingerprint density at radius 3 is 2.36 bits per heavy atom. The third kappa shape index (κ3) is 6.32. The van der Waals surface area contributed by atoms with Crippen LogP contribution >= 0.6 is 0 Å². The number of carbonyl (C=O) groups is 3. The molecule has 3 rings (SSSR count). The molecule has 1 heterocycles. The normalized spacial score (nSPS) is 19.1. The van der Waals surface area contributed by atoms with Gasteiger partial charge in [-0.3, -0.25) is 14.4 Å². The number of carbonyl (C=O) groups excluding carboxylic acids is 3. The van der Waals surface area contributed by atoms with Crippen LogP contribution in [-0.2, 0) is 9.59 Å². The van der Waals surface area contributed by atoms with Gasteiger partial charge < -0.3 is 20.9 Å². The van der Waals surface area contributed by atoms with E-state index < -0.39 is 11.6 Å². The molecule has 1 saturated heterocycles. The lowest BCUT2D eigenvalue weighted by molar-refractivity contribution is -0.137. The van der Waals surface area contributed by atoms with E-state index in [0.717, 1.165) is 25.7 Å². The molecular formula is C25H35N5O3. The Bertz CT molecular complexity index is 880. The second-order valence-electron chi connectivity index (χ2n) is 9.31. The number of amides is 3. The smallest absolute Gasteiger partial charge is 0.251 e. The first-order valence-electron chi connectivity index (χ1n) is 11.9. The van der Waals surface area contributed by atoms with Gasteiger partial charge in [-0.2, -0.15) is 5.26 Å². The Labute approximate surface area is 196 Å². The van der Waals surface area contributed by atoms with Gasteiger partial charge in [-0.1, -0.05) is 32.1 Å². The van der Waals surface area contributed by atoms with E-state index in [4.69, 9.17) is 0 Å². The lowest BCUT2D eigenvalue weighted by atomic mass is 9.83. The summed E-state index contributed by atoms with van der Waals surface area (Å²) in [5.74, 6) is -0.331. The van der Waals surface area contributed by atoms with Crippen LogP contribution in [0.5, 0.6) is 0 Å². The molecule has 0 spiro atoms. The number of nitriles is 1. The molecule has 8 nitrogen and oxygen atoms in total. The molecule has 3 amide bonds. The molecule has 1 saturated carbocycles. The Balaban J connectivity index is 1.76. The topological polar surface area (TPSA) is 114 Å². The van der Waals surface area contributed by atoms with E-state index in [1.165, 1.54) is 13.3 Å². The lowest BCUT2D eigenvalue weighted by Gasteiger charge is -2.41. The van der Waals surface area contributed by atoms with Crippen LogP contribution in [0.3, 0.4) is 0 Å². The van der Waals surface area contributed by atoms with Crippen molar-refractivity contribution in [1.29, 1.82) is 5.26 Å². The molecular weight excluding hydrogens is 418 g/mol. The van der Waals surface area contributed by atoms with Crippen molar-refractivity contribution in [2.45, 2.75) is 69.9 Å². The SMILES string of the molecule is CC(=O)Nc1ccc(C(=O)NC(CC2CCCCC2)C(=O)N(C)C2(C#N)CCNCC2)cc1. The summed E-state index contributed by atoms with van der Waals surface area (Å²) in [5.41, 5.74) is 0.179. The zero-order valence-electron chi connectivity index (χ0n) is 19.7. The third-order valence-electron chi connectivity index (χ3n) is 6.98. The van der Waals surface area contributed by atoms with Crippen LogP contribution in [0, 0.1) is 17.2 Å². The Kier molecular flexibility index (Phi) is 8.45. The molecule has 33 heavy (non-hydrogen) atoms. The van der Waals surface area contributed by atoms with Gasteiger partial charge in [0, 0.05) is 25.2 Å². The summed E-state index contributed by atoms with van der Waals surface area (Å²) in [5, 5.41) is 18.8. The molecule has 1 atom stereocenters. The maximum atomic E-state index is 13.6. The van der Waals surface area contributed by atoms with Crippen LogP contribution in [-0.4, -0.2) is 54.3 Å². The molecule has 8 heteroatoms. The number of piperidine rings is 1. The second kappa shape index (κ2) is 11.3. The van der Waals surface area contributed by atoms with Crippen LogP contribution in [0.4, 0.5) is 5.69 Å². The highest BCUT2D eigenvalue weighted by atomic mass is 16.2. The van der Waals surface area contributed by atoms with Gasteiger partial charge in [0.05, 0.1) is 6.07 Å². The highest BCUT2D eigenvalue weighted by molar-refractivity contribution is 5.98. The second-order valence-corrected chi connectivity index (χ2v) is 9.31. The van der Waals surface area contributed by atoms with Crippen LogP contribution in [0.25, 0.3) is 0 Å². The van der Waals surface area contributed by atoms with Crippen molar-refractivity contribution in [1.82, 2.24) is 15.5 Å². The van der Waals surface area contributed by atoms with Crippen molar-refractivity contribution in [2.75, 3.05) is 25.5 Å². The molecule has 2 aliphatic rings. The van der Waals surface area contributed by atoms with Crippen molar-refractivity contribution in [2.24, 2.45) is 5.92 Å². The van der Waals surface area contributed by atoms with Crippen LogP contribution in [0.2, 0.25) is 0 Å². The Morgan fingerprint density at radius 1 is 1.15 bits per heavy atom. The largest absolute Gasteiger partial charge is 0.340 e. The molecule has 0 radical (unpaired) electrons. The van der Waals surface area contributed by atoms with E-state index in [1.54, 1.807) is 36.2 Å². The number of benzene rings is 1. The molecule has 1 aromatic rings. The third-order valence-corrected chi connectivity index (χ3v) is 6.98. The summed E-state index contributed by atoms with van der Waals surface area (Å²) in [6.45, 7) is 2.80. The van der Waals surface area contributed by atoms with E-state index in [-0.39, 0.29) is 17.7 Å². The first-order valence-corrected chi connectivity index (χ1v) is 11.9. The molecule has 0 bridgehead atoms. The summed E-state index contributed by atoms with van der Waals surface area (Å²) in [6, 6.07) is 8.30. The summed E-state index contributed by atoms with van der Waals surface area (Å²) in [6.07, 6.45) is 7.35. The predicted octanol–water partition coefficient (Wildman–Crippen LogP) is 2.82. The van der Waals surface area contributed by atoms with Gasteiger partial charge in [0.25, 0.3) is 5.91 Å². The van der Waals surface area contributed by atoms with Crippen LogP contribution in [0.15, 0.2) is 24.3 Å². The van der Waals surface area contributed by atoms with Crippen molar-refractivity contribution >= 4 is 23.4 Å². The van der Waals surface area contributed by atoms with Crippen LogP contribution in [0.1, 0.15) is 68.6 Å². The first-order chi connectivity index (χ1) is 15.8. The van der Waals surface area contributed by atoms with E-state index >= 15 is 0 Å². The minimum atomic E-state index is -0.849. The fourth-order valence-electron chi connectivity index (χ4n) is 4.93. The van der Waals surface area contributed by atoms with E-state index in [9.17, 15) is 19.6 Å². The Morgan fingerprint density at radius 2 is 1.79 bits per heavy atom. The number of likely N-dealkylation sites (N-methyl/N-ethyl adjacent to an activating group) is 1. The van der Waals surface area contributed by atoms with Gasteiger partial charge in [-0.05, 0) is 62.5 Å². The molecule has 1 aromatic carbocycles. The van der Waals surface area contributed by atoms with Gasteiger partial charge in [0.15, 0.2) is 0 Å². The molecule has 1 unspecified atom stereocenters. The van der Waals surface area contributed by atoms with Crippen molar-refractivity contribution in [3.05, 3.63) is 29.8 Å². The number of nitrogens with zero attached hydrogens (tertiary/aromatic N) is 2. The average molecular weight is 454 g/mol. The number of rotatable bonds is 7. The maximum absolute atomic E-state index is 13.6. The van der Waals surface area contributed by atoms with Gasteiger partial charge in [0.2, 0.25) is 11.8 Å². The number of anilines is 1. The molecule has 2 fully saturated rings. The monoisotopic (exact) mass is 453 g/mol. The summed E-state index contributed by atoms with van der Waals surface area (Å²) < 4.78 is 0. The van der Waals surface area contributed by atoms with Crippen LogP contribution < -0.4 is 16.0 Å². The predicted molar refractivity (Wildman–Crippen MR) is 126 cm³/mol. The van der Waals surface area contributed by atoms with Gasteiger partial charge in [-0.15, -0.1) is 0 Å². The van der Waals surface area contributed by atoms with Gasteiger partial charge in [-0.25, -0.2) is 0 Å². The Hall–Kier alpha value is -2.92. The molecule has 0 aromatic heterocycles. The summed E-state index contributed by atoms with van der Waals surface area (Å²) in [4.78, 5) is 39.5. The lowest BCUT2D eigenvalue weighted by Crippen LogP contribution is -2.59. The zero-order chi connectivity index (χ0) is 23.8. The molecule has 3 N–H and O–H groups in total. The fourth-order valence-corrected chi connectivity index (χ4v) is 4.93. The van der Waals surface area contributed by atoms with E-state index in [2.05, 4.69) is 22.0 Å². The quantitative estimate of drug-likeness (QED) is 0.587. The minimum absolute atomic E-state index is 0.183. The highest BCUT2D eigenvalue weighted by Gasteiger charge is 2.41. The van der Waals surface area contributed by atoms with E-state index in [1.807, 2.05) is 0 Å². The number of hydrogen-bond donors (Lipinski definition) is 3. The highest BCUT2D eigenvalue weighted by Crippen LogP contribution is 2.30. The number of nitrogens with one attached hydrogen (secondary N) is 3. The standard InChI is InChI=1S/C25H35N5O3/c1-18(31)28-21-10-8-20(9-11-21)23(32)29-22(16-19-6-4-3-5-7-19)24(33)30(2)25(17-26)12-14-27-15-13-25/h8-11,19,22,27H,3-7,12-16H2,1-2H3,(H,28,31)(H,29,32). The summed E-state index contributed by atoms with van der Waals surface area (Å²) >= 11 is 0. The fraction of sp³-hybridized carbons (Fsp3) is 0.600. The average Bonchev–Trinajstić information content (AvgIpc) is 2.83.